The monoisotopic (exact) mass is 328 g/mol. The number of hydrogen-bond acceptors (Lipinski definition) is 7. The molecular weight excluding hydrogens is 308 g/mol. The van der Waals surface area contributed by atoms with E-state index in [-0.39, 0.29) is 18.0 Å². The van der Waals surface area contributed by atoms with Gasteiger partial charge >= 0.3 is 11.7 Å². The highest BCUT2D eigenvalue weighted by Gasteiger charge is 2.29. The lowest BCUT2D eigenvalue weighted by molar-refractivity contribution is -0.146. The van der Waals surface area contributed by atoms with Gasteiger partial charge in [0.15, 0.2) is 0 Å². The maximum absolute atomic E-state index is 12.0. The molecule has 122 valence electrons. The fourth-order valence-corrected chi connectivity index (χ4v) is 2.95. The van der Waals surface area contributed by atoms with E-state index in [1.54, 1.807) is 12.3 Å². The average Bonchev–Trinajstić information content (AvgIpc) is 2.95. The summed E-state index contributed by atoms with van der Waals surface area (Å²) in [6.07, 6.45) is 2.36. The van der Waals surface area contributed by atoms with E-state index < -0.39 is 11.9 Å². The van der Waals surface area contributed by atoms with Crippen LogP contribution in [0, 0.1) is 0 Å². The number of hydrogen-bond donors (Lipinski definition) is 0. The number of carbonyl (C=O) groups is 1. The maximum Gasteiger partial charge on any atom is 0.353 e. The molecule has 2 atom stereocenters. The number of rotatable bonds is 7. The minimum absolute atomic E-state index is 0.194. The van der Waals surface area contributed by atoms with Crippen LogP contribution in [0.1, 0.15) is 32.9 Å². The Labute approximate surface area is 133 Å². The molecule has 0 saturated carbocycles. The summed E-state index contributed by atoms with van der Waals surface area (Å²) in [6, 6.07) is 1.63. The molecule has 2 rings (SSSR count). The van der Waals surface area contributed by atoms with Crippen molar-refractivity contribution in [2.24, 2.45) is 0 Å². The van der Waals surface area contributed by atoms with Gasteiger partial charge in [0.2, 0.25) is 5.88 Å². The summed E-state index contributed by atoms with van der Waals surface area (Å²) in [6.45, 7) is 4.40. The topological polar surface area (TPSA) is 79.7 Å². The van der Waals surface area contributed by atoms with Crippen molar-refractivity contribution in [2.45, 2.75) is 38.4 Å². The molecule has 2 heterocycles. The Balaban J connectivity index is 1.90. The van der Waals surface area contributed by atoms with Gasteiger partial charge in [-0.1, -0.05) is 6.92 Å². The summed E-state index contributed by atoms with van der Waals surface area (Å²) in [4.78, 5) is 27.1. The Hall–Kier alpha value is -1.54. The van der Waals surface area contributed by atoms with Crippen molar-refractivity contribution in [3.8, 4) is 5.88 Å². The van der Waals surface area contributed by atoms with Crippen LogP contribution in [0.3, 0.4) is 0 Å². The molecule has 0 bridgehead atoms. The molecule has 0 N–H and O–H groups in total. The van der Waals surface area contributed by atoms with Crippen LogP contribution in [0.4, 0.5) is 0 Å². The summed E-state index contributed by atoms with van der Waals surface area (Å²) >= 11 is 1.51. The van der Waals surface area contributed by atoms with Crippen molar-refractivity contribution in [1.82, 2.24) is 9.55 Å². The summed E-state index contributed by atoms with van der Waals surface area (Å²) < 4.78 is 17.5. The highest BCUT2D eigenvalue weighted by atomic mass is 32.2. The Morgan fingerprint density at radius 1 is 1.55 bits per heavy atom. The minimum atomic E-state index is -0.417. The minimum Gasteiger partial charge on any atom is -0.478 e. The second kappa shape index (κ2) is 8.19. The van der Waals surface area contributed by atoms with Gasteiger partial charge in [0.25, 0.3) is 0 Å². The maximum atomic E-state index is 12.0. The molecule has 22 heavy (non-hydrogen) atoms. The average molecular weight is 328 g/mol. The van der Waals surface area contributed by atoms with Gasteiger partial charge in [-0.15, -0.1) is 11.8 Å². The number of nitrogens with zero attached hydrogens (tertiary/aromatic N) is 2. The SMILES string of the molecule is CCCC(=O)OCC1O[C@@H](n2ccc(OCC)nc2=O)CS1. The van der Waals surface area contributed by atoms with Crippen LogP contribution in [0.25, 0.3) is 0 Å². The molecule has 1 aromatic heterocycles. The third-order valence-electron chi connectivity index (χ3n) is 2.97. The van der Waals surface area contributed by atoms with Crippen LogP contribution in [-0.4, -0.2) is 39.9 Å². The zero-order valence-corrected chi connectivity index (χ0v) is 13.5. The molecule has 0 aromatic carbocycles. The van der Waals surface area contributed by atoms with Gasteiger partial charge in [-0.05, 0) is 13.3 Å². The molecule has 8 heteroatoms. The van der Waals surface area contributed by atoms with Gasteiger partial charge in [-0.3, -0.25) is 9.36 Å². The molecule has 1 aliphatic rings. The Bertz CT molecular complexity index is 562. The van der Waals surface area contributed by atoms with E-state index >= 15 is 0 Å². The highest BCUT2D eigenvalue weighted by Crippen LogP contribution is 2.31. The molecule has 1 unspecified atom stereocenters. The zero-order chi connectivity index (χ0) is 15.9. The first-order valence-electron chi connectivity index (χ1n) is 7.28. The van der Waals surface area contributed by atoms with E-state index in [1.165, 1.54) is 16.3 Å². The van der Waals surface area contributed by atoms with Crippen molar-refractivity contribution < 1.29 is 19.0 Å². The zero-order valence-electron chi connectivity index (χ0n) is 12.7. The predicted molar refractivity (Wildman–Crippen MR) is 81.9 cm³/mol. The fourth-order valence-electron chi connectivity index (χ4n) is 1.96. The summed E-state index contributed by atoms with van der Waals surface area (Å²) in [5, 5.41) is 0. The predicted octanol–water partition coefficient (Wildman–Crippen LogP) is 1.57. The first-order valence-corrected chi connectivity index (χ1v) is 8.33. The Morgan fingerprint density at radius 2 is 2.36 bits per heavy atom. The summed E-state index contributed by atoms with van der Waals surface area (Å²) in [5.74, 6) is 0.681. The van der Waals surface area contributed by atoms with Crippen LogP contribution in [0.5, 0.6) is 5.88 Å². The molecule has 1 saturated heterocycles. The third-order valence-corrected chi connectivity index (χ3v) is 4.07. The number of carbonyl (C=O) groups excluding carboxylic acids is 1. The van der Waals surface area contributed by atoms with E-state index in [0.717, 1.165) is 6.42 Å². The van der Waals surface area contributed by atoms with Gasteiger partial charge < -0.3 is 14.2 Å². The normalized spacial score (nSPS) is 20.8. The Kier molecular flexibility index (Phi) is 6.26. The van der Waals surface area contributed by atoms with Gasteiger partial charge in [0.1, 0.15) is 18.3 Å². The molecule has 0 aliphatic carbocycles. The van der Waals surface area contributed by atoms with E-state index in [1.807, 2.05) is 13.8 Å². The molecule has 0 amide bonds. The number of thioether (sulfide) groups is 1. The van der Waals surface area contributed by atoms with Crippen molar-refractivity contribution in [3.05, 3.63) is 22.7 Å². The lowest BCUT2D eigenvalue weighted by atomic mass is 10.3. The second-order valence-electron chi connectivity index (χ2n) is 4.68. The van der Waals surface area contributed by atoms with Crippen LogP contribution in [0.15, 0.2) is 17.1 Å². The molecular formula is C14H20N2O5S. The molecule has 1 aromatic rings. The molecule has 1 fully saturated rings. The van der Waals surface area contributed by atoms with Gasteiger partial charge in [0.05, 0.1) is 6.61 Å². The van der Waals surface area contributed by atoms with Crippen LogP contribution >= 0.6 is 11.8 Å². The standard InChI is InChI=1S/C14H20N2O5S/c1-3-5-12(17)20-8-13-21-11(9-22-13)16-7-6-10(19-4-2)15-14(16)18/h6-7,11,13H,3-5,8-9H2,1-2H3/t11-,13?/m1/s1. The van der Waals surface area contributed by atoms with Crippen molar-refractivity contribution in [2.75, 3.05) is 19.0 Å². The van der Waals surface area contributed by atoms with Gasteiger partial charge in [0, 0.05) is 24.4 Å². The van der Waals surface area contributed by atoms with Gasteiger partial charge in [-0.2, -0.15) is 4.98 Å². The van der Waals surface area contributed by atoms with Crippen molar-refractivity contribution in [3.63, 3.8) is 0 Å². The fraction of sp³-hybridized carbons (Fsp3) is 0.643. The highest BCUT2D eigenvalue weighted by molar-refractivity contribution is 8.00. The third kappa shape index (κ3) is 4.48. The lowest BCUT2D eigenvalue weighted by Crippen LogP contribution is -2.28. The van der Waals surface area contributed by atoms with E-state index in [0.29, 0.717) is 24.7 Å². The van der Waals surface area contributed by atoms with E-state index in [2.05, 4.69) is 4.98 Å². The lowest BCUT2D eigenvalue weighted by Gasteiger charge is -2.15. The van der Waals surface area contributed by atoms with Crippen LogP contribution in [-0.2, 0) is 14.3 Å². The smallest absolute Gasteiger partial charge is 0.353 e. The number of esters is 1. The first-order chi connectivity index (χ1) is 10.6. The molecule has 0 radical (unpaired) electrons. The van der Waals surface area contributed by atoms with Crippen LogP contribution in [0.2, 0.25) is 0 Å². The molecule has 1 aliphatic heterocycles. The summed E-state index contributed by atoms with van der Waals surface area (Å²) in [7, 11) is 0. The van der Waals surface area contributed by atoms with Crippen LogP contribution < -0.4 is 10.4 Å². The largest absolute Gasteiger partial charge is 0.478 e. The van der Waals surface area contributed by atoms with Crippen molar-refractivity contribution >= 4 is 17.7 Å². The Morgan fingerprint density at radius 3 is 3.05 bits per heavy atom. The number of aromatic nitrogens is 2. The second-order valence-corrected chi connectivity index (χ2v) is 5.87. The summed E-state index contributed by atoms with van der Waals surface area (Å²) in [5.41, 5.74) is -0.676. The van der Waals surface area contributed by atoms with Gasteiger partial charge in [-0.25, -0.2) is 4.79 Å². The quantitative estimate of drug-likeness (QED) is 0.703. The molecule has 0 spiro atoms. The van der Waals surface area contributed by atoms with E-state index in [4.69, 9.17) is 14.2 Å². The molecule has 7 nitrogen and oxygen atoms in total. The van der Waals surface area contributed by atoms with Crippen molar-refractivity contribution in [1.29, 1.82) is 0 Å². The van der Waals surface area contributed by atoms with E-state index in [9.17, 15) is 9.59 Å². The number of ether oxygens (including phenoxy) is 3. The first kappa shape index (κ1) is 16.8.